The van der Waals surface area contributed by atoms with Crippen LogP contribution in [0.5, 0.6) is 0 Å². The van der Waals surface area contributed by atoms with Gasteiger partial charge in [-0.1, -0.05) is 24.6 Å². The van der Waals surface area contributed by atoms with Crippen molar-refractivity contribution < 1.29 is 4.39 Å². The summed E-state index contributed by atoms with van der Waals surface area (Å²) in [5.41, 5.74) is 5.08. The van der Waals surface area contributed by atoms with E-state index in [2.05, 4.69) is 0 Å². The molecule has 2 rings (SSSR count). The van der Waals surface area contributed by atoms with Crippen molar-refractivity contribution in [3.05, 3.63) is 61.6 Å². The first-order valence-electron chi connectivity index (χ1n) is 6.47. The average molecular weight is 312 g/mol. The Morgan fingerprint density at radius 2 is 2.05 bits per heavy atom. The van der Waals surface area contributed by atoms with Crippen LogP contribution in [0.1, 0.15) is 18.9 Å². The summed E-state index contributed by atoms with van der Waals surface area (Å²) < 4.78 is 15.4. The molecule has 0 fully saturated rings. The van der Waals surface area contributed by atoms with Crippen molar-refractivity contribution in [3.63, 3.8) is 0 Å². The quantitative estimate of drug-likeness (QED) is 0.936. The number of rotatable bonds is 4. The number of aryl methyl sites for hydroxylation is 1. The second-order valence-corrected chi connectivity index (χ2v) is 5.09. The van der Waals surface area contributed by atoms with E-state index in [-0.39, 0.29) is 17.3 Å². The van der Waals surface area contributed by atoms with Gasteiger partial charge in [0, 0.05) is 17.8 Å². The fourth-order valence-corrected chi connectivity index (χ4v) is 2.26. The molecule has 0 atom stereocenters. The third-order valence-corrected chi connectivity index (χ3v) is 3.42. The van der Waals surface area contributed by atoms with Gasteiger partial charge in [0.1, 0.15) is 11.5 Å². The molecule has 0 saturated carbocycles. The SMILES string of the molecule is CCCn1cc(N)c(=O)n(Cc2ccc(F)cc2Cl)c1=O. The van der Waals surface area contributed by atoms with Gasteiger partial charge < -0.3 is 5.73 Å². The summed E-state index contributed by atoms with van der Waals surface area (Å²) in [5, 5.41) is 0.158. The van der Waals surface area contributed by atoms with Crippen LogP contribution in [0.4, 0.5) is 10.1 Å². The molecule has 2 N–H and O–H groups in total. The fourth-order valence-electron chi connectivity index (χ4n) is 2.04. The first-order chi connectivity index (χ1) is 9.93. The average Bonchev–Trinajstić information content (AvgIpc) is 2.43. The van der Waals surface area contributed by atoms with E-state index in [0.29, 0.717) is 12.1 Å². The molecule has 2 aromatic rings. The molecule has 0 aliphatic rings. The Labute approximate surface area is 125 Å². The first kappa shape index (κ1) is 15.3. The van der Waals surface area contributed by atoms with E-state index < -0.39 is 17.1 Å². The minimum Gasteiger partial charge on any atom is -0.393 e. The number of nitrogens with zero attached hydrogens (tertiary/aromatic N) is 2. The Morgan fingerprint density at radius 3 is 2.67 bits per heavy atom. The van der Waals surface area contributed by atoms with E-state index in [1.807, 2.05) is 6.92 Å². The van der Waals surface area contributed by atoms with Crippen LogP contribution >= 0.6 is 11.6 Å². The van der Waals surface area contributed by atoms with Gasteiger partial charge in [0.05, 0.1) is 6.54 Å². The normalized spacial score (nSPS) is 10.8. The maximum absolute atomic E-state index is 13.0. The van der Waals surface area contributed by atoms with Gasteiger partial charge in [0.25, 0.3) is 5.56 Å². The van der Waals surface area contributed by atoms with E-state index in [9.17, 15) is 14.0 Å². The number of aromatic nitrogens is 2. The van der Waals surface area contributed by atoms with Gasteiger partial charge in [-0.25, -0.2) is 9.18 Å². The van der Waals surface area contributed by atoms with E-state index in [4.69, 9.17) is 17.3 Å². The van der Waals surface area contributed by atoms with Gasteiger partial charge in [0.15, 0.2) is 0 Å². The Kier molecular flexibility index (Phi) is 4.47. The molecule has 1 heterocycles. The van der Waals surface area contributed by atoms with Crippen LogP contribution in [-0.4, -0.2) is 9.13 Å². The molecule has 7 heteroatoms. The zero-order valence-electron chi connectivity index (χ0n) is 11.5. The summed E-state index contributed by atoms with van der Waals surface area (Å²) in [5.74, 6) is -0.480. The van der Waals surface area contributed by atoms with Gasteiger partial charge in [-0.2, -0.15) is 0 Å². The van der Waals surface area contributed by atoms with Crippen molar-refractivity contribution >= 4 is 17.3 Å². The van der Waals surface area contributed by atoms with Crippen LogP contribution in [0.25, 0.3) is 0 Å². The monoisotopic (exact) mass is 311 g/mol. The Hall–Kier alpha value is -2.08. The van der Waals surface area contributed by atoms with Crippen molar-refractivity contribution in [2.75, 3.05) is 5.73 Å². The maximum atomic E-state index is 13.0. The van der Waals surface area contributed by atoms with Crippen LogP contribution in [0.2, 0.25) is 5.02 Å². The molecule has 112 valence electrons. The molecule has 0 bridgehead atoms. The molecule has 21 heavy (non-hydrogen) atoms. The van der Waals surface area contributed by atoms with Crippen LogP contribution in [-0.2, 0) is 13.1 Å². The Balaban J connectivity index is 2.53. The van der Waals surface area contributed by atoms with Crippen molar-refractivity contribution in [1.82, 2.24) is 9.13 Å². The molecule has 0 amide bonds. The topological polar surface area (TPSA) is 70.0 Å². The number of hydrogen-bond donors (Lipinski definition) is 1. The highest BCUT2D eigenvalue weighted by atomic mass is 35.5. The summed E-state index contributed by atoms with van der Waals surface area (Å²) in [6.45, 7) is 2.32. The summed E-state index contributed by atoms with van der Waals surface area (Å²) in [6, 6.07) is 3.80. The third-order valence-electron chi connectivity index (χ3n) is 3.07. The zero-order valence-corrected chi connectivity index (χ0v) is 12.2. The lowest BCUT2D eigenvalue weighted by atomic mass is 10.2. The van der Waals surface area contributed by atoms with Gasteiger partial charge in [0.2, 0.25) is 0 Å². The minimum atomic E-state index is -0.576. The van der Waals surface area contributed by atoms with Crippen molar-refractivity contribution in [2.24, 2.45) is 0 Å². The van der Waals surface area contributed by atoms with E-state index in [1.165, 1.54) is 22.9 Å². The lowest BCUT2D eigenvalue weighted by Crippen LogP contribution is -2.41. The molecule has 1 aromatic carbocycles. The van der Waals surface area contributed by atoms with Crippen molar-refractivity contribution in [2.45, 2.75) is 26.4 Å². The molecule has 0 radical (unpaired) electrons. The molecule has 0 aliphatic carbocycles. The molecule has 0 unspecified atom stereocenters. The van der Waals surface area contributed by atoms with Gasteiger partial charge in [-0.15, -0.1) is 0 Å². The van der Waals surface area contributed by atoms with E-state index in [0.717, 1.165) is 17.1 Å². The van der Waals surface area contributed by atoms with Gasteiger partial charge in [-0.05, 0) is 24.1 Å². The smallest absolute Gasteiger partial charge is 0.331 e. The highest BCUT2D eigenvalue weighted by Gasteiger charge is 2.11. The first-order valence-corrected chi connectivity index (χ1v) is 6.85. The molecular formula is C14H15ClFN3O2. The number of nitrogens with two attached hydrogens (primary N) is 1. The van der Waals surface area contributed by atoms with Gasteiger partial charge in [-0.3, -0.25) is 13.9 Å². The third kappa shape index (κ3) is 3.16. The predicted molar refractivity (Wildman–Crippen MR) is 80.2 cm³/mol. The number of halogens is 2. The highest BCUT2D eigenvalue weighted by molar-refractivity contribution is 6.31. The van der Waals surface area contributed by atoms with Crippen LogP contribution in [0, 0.1) is 5.82 Å². The van der Waals surface area contributed by atoms with Crippen LogP contribution in [0.3, 0.4) is 0 Å². The second-order valence-electron chi connectivity index (χ2n) is 4.69. The van der Waals surface area contributed by atoms with Crippen molar-refractivity contribution in [3.8, 4) is 0 Å². The Bertz CT molecular complexity index is 783. The Morgan fingerprint density at radius 1 is 1.33 bits per heavy atom. The largest absolute Gasteiger partial charge is 0.393 e. The number of nitrogen functional groups attached to an aromatic ring is 1. The zero-order chi connectivity index (χ0) is 15.6. The highest BCUT2D eigenvalue weighted by Crippen LogP contribution is 2.17. The number of hydrogen-bond acceptors (Lipinski definition) is 3. The standard InChI is InChI=1S/C14H15ClFN3O2/c1-2-5-18-8-12(17)13(20)19(14(18)21)7-9-3-4-10(16)6-11(9)15/h3-4,6,8H,2,5,7,17H2,1H3. The van der Waals surface area contributed by atoms with Gasteiger partial charge >= 0.3 is 5.69 Å². The van der Waals surface area contributed by atoms with Crippen LogP contribution in [0.15, 0.2) is 34.0 Å². The van der Waals surface area contributed by atoms with Crippen LogP contribution < -0.4 is 17.0 Å². The molecule has 0 saturated heterocycles. The summed E-state index contributed by atoms with van der Waals surface area (Å²) in [4.78, 5) is 24.3. The van der Waals surface area contributed by atoms with E-state index in [1.54, 1.807) is 0 Å². The molecule has 0 aliphatic heterocycles. The fraction of sp³-hybridized carbons (Fsp3) is 0.286. The molecule has 1 aromatic heterocycles. The number of anilines is 1. The molecular weight excluding hydrogens is 297 g/mol. The lowest BCUT2D eigenvalue weighted by Gasteiger charge is -2.11. The van der Waals surface area contributed by atoms with E-state index >= 15 is 0 Å². The number of benzene rings is 1. The predicted octanol–water partition coefficient (Wildman–Crippen LogP) is 1.84. The minimum absolute atomic E-state index is 0.0127. The summed E-state index contributed by atoms with van der Waals surface area (Å²) in [7, 11) is 0. The lowest BCUT2D eigenvalue weighted by molar-refractivity contribution is 0.572. The summed E-state index contributed by atoms with van der Waals surface area (Å²) in [6.07, 6.45) is 2.08. The van der Waals surface area contributed by atoms with Crippen molar-refractivity contribution in [1.29, 1.82) is 0 Å². The maximum Gasteiger partial charge on any atom is 0.331 e. The molecule has 5 nitrogen and oxygen atoms in total. The second kappa shape index (κ2) is 6.13. The summed E-state index contributed by atoms with van der Waals surface area (Å²) >= 11 is 5.93. The molecule has 0 spiro atoms.